The van der Waals surface area contributed by atoms with E-state index in [2.05, 4.69) is 30.6 Å². The summed E-state index contributed by atoms with van der Waals surface area (Å²) in [5, 5.41) is 0. The van der Waals surface area contributed by atoms with Crippen LogP contribution in [0.25, 0.3) is 0 Å². The van der Waals surface area contributed by atoms with E-state index in [1.807, 2.05) is 13.8 Å². The maximum absolute atomic E-state index is 5.32. The van der Waals surface area contributed by atoms with Crippen molar-refractivity contribution in [3.63, 3.8) is 0 Å². The summed E-state index contributed by atoms with van der Waals surface area (Å²) in [6.07, 6.45) is -0.365. The first kappa shape index (κ1) is 14.4. The zero-order chi connectivity index (χ0) is 11.5. The molecule has 0 aromatic carbocycles. The molecule has 0 rings (SSSR count). The van der Waals surface area contributed by atoms with Gasteiger partial charge in [0.25, 0.3) is 0 Å². The second kappa shape index (κ2) is 9.97. The Bertz CT molecular complexity index is 186. The van der Waals surface area contributed by atoms with Crippen molar-refractivity contribution in [2.75, 3.05) is 32.8 Å². The van der Waals surface area contributed by atoms with Crippen molar-refractivity contribution < 1.29 is 9.47 Å². The van der Waals surface area contributed by atoms with Gasteiger partial charge in [0.2, 0.25) is 6.29 Å². The molecule has 0 bridgehead atoms. The van der Waals surface area contributed by atoms with Crippen LogP contribution in [-0.2, 0) is 9.47 Å². The molecule has 0 radical (unpaired) electrons. The summed E-state index contributed by atoms with van der Waals surface area (Å²) in [4.78, 5) is 2.25. The fraction of sp³-hybridized carbons (Fsp3) is 0.833. The smallest absolute Gasteiger partial charge is 0.222 e. The minimum Gasteiger partial charge on any atom is -0.342 e. The molecule has 0 heterocycles. The Morgan fingerprint density at radius 1 is 1.00 bits per heavy atom. The Morgan fingerprint density at radius 2 is 1.53 bits per heavy atom. The van der Waals surface area contributed by atoms with Gasteiger partial charge < -0.3 is 9.47 Å². The minimum absolute atomic E-state index is 0.365. The van der Waals surface area contributed by atoms with Crippen molar-refractivity contribution in [3.05, 3.63) is 0 Å². The molecule has 0 aliphatic carbocycles. The first-order chi connectivity index (χ1) is 7.28. The van der Waals surface area contributed by atoms with E-state index < -0.39 is 0 Å². The van der Waals surface area contributed by atoms with Gasteiger partial charge in [0.1, 0.15) is 0 Å². The van der Waals surface area contributed by atoms with E-state index in [4.69, 9.17) is 9.47 Å². The third-order valence-electron chi connectivity index (χ3n) is 2.05. The fourth-order valence-corrected chi connectivity index (χ4v) is 1.12. The zero-order valence-electron chi connectivity index (χ0n) is 10.4. The molecule has 0 spiro atoms. The second-order valence-electron chi connectivity index (χ2n) is 3.03. The first-order valence-corrected chi connectivity index (χ1v) is 5.72. The summed E-state index contributed by atoms with van der Waals surface area (Å²) in [5.41, 5.74) is 0. The lowest BCUT2D eigenvalue weighted by Gasteiger charge is -2.14. The zero-order valence-corrected chi connectivity index (χ0v) is 10.4. The molecule has 15 heavy (non-hydrogen) atoms. The average molecular weight is 213 g/mol. The lowest BCUT2D eigenvalue weighted by molar-refractivity contribution is -0.0970. The average Bonchev–Trinajstić information content (AvgIpc) is 2.25. The van der Waals surface area contributed by atoms with Gasteiger partial charge in [-0.25, -0.2) is 0 Å². The molecule has 0 saturated heterocycles. The molecule has 88 valence electrons. The number of ether oxygens (including phenoxy) is 2. The molecule has 0 aromatic rings. The SMILES string of the molecule is CCOC(C#CCN(CC)CC)OCC. The lowest BCUT2D eigenvalue weighted by Crippen LogP contribution is -2.23. The molecule has 0 aromatic heterocycles. The standard InChI is InChI=1S/C12H23NO2/c1-5-13(6-2)11-9-10-12(14-7-3)15-8-4/h12H,5-8,11H2,1-4H3. The van der Waals surface area contributed by atoms with E-state index >= 15 is 0 Å². The van der Waals surface area contributed by atoms with Crippen molar-refractivity contribution in [3.8, 4) is 11.8 Å². The maximum atomic E-state index is 5.32. The minimum atomic E-state index is -0.365. The Balaban J connectivity index is 3.96. The van der Waals surface area contributed by atoms with Crippen LogP contribution in [-0.4, -0.2) is 44.0 Å². The van der Waals surface area contributed by atoms with Crippen LogP contribution in [0.2, 0.25) is 0 Å². The predicted octanol–water partition coefficient (Wildman–Crippen LogP) is 1.73. The van der Waals surface area contributed by atoms with Gasteiger partial charge in [-0.2, -0.15) is 0 Å². The molecule has 0 unspecified atom stereocenters. The summed E-state index contributed by atoms with van der Waals surface area (Å²) >= 11 is 0. The van der Waals surface area contributed by atoms with E-state index in [-0.39, 0.29) is 6.29 Å². The number of nitrogens with zero attached hydrogens (tertiary/aromatic N) is 1. The van der Waals surface area contributed by atoms with Crippen molar-refractivity contribution >= 4 is 0 Å². The number of hydrogen-bond acceptors (Lipinski definition) is 3. The third-order valence-corrected chi connectivity index (χ3v) is 2.05. The van der Waals surface area contributed by atoms with Gasteiger partial charge >= 0.3 is 0 Å². The molecule has 0 aliphatic heterocycles. The molecule has 0 fully saturated rings. The fourth-order valence-electron chi connectivity index (χ4n) is 1.12. The predicted molar refractivity (Wildman–Crippen MR) is 62.6 cm³/mol. The molecule has 3 nitrogen and oxygen atoms in total. The van der Waals surface area contributed by atoms with Crippen LogP contribution in [0, 0.1) is 11.8 Å². The van der Waals surface area contributed by atoms with Gasteiger partial charge in [-0.1, -0.05) is 19.8 Å². The quantitative estimate of drug-likeness (QED) is 0.475. The van der Waals surface area contributed by atoms with Gasteiger partial charge in [0, 0.05) is 13.2 Å². The molecule has 0 saturated carbocycles. The molecule has 0 aliphatic rings. The summed E-state index contributed by atoms with van der Waals surface area (Å²) in [7, 11) is 0. The summed E-state index contributed by atoms with van der Waals surface area (Å²) in [6.45, 7) is 12.2. The Kier molecular flexibility index (Phi) is 9.60. The lowest BCUT2D eigenvalue weighted by atomic mass is 10.4. The van der Waals surface area contributed by atoms with Gasteiger partial charge in [-0.3, -0.25) is 4.90 Å². The Morgan fingerprint density at radius 3 is 1.93 bits per heavy atom. The van der Waals surface area contributed by atoms with Crippen LogP contribution >= 0.6 is 0 Å². The van der Waals surface area contributed by atoms with Crippen molar-refractivity contribution in [2.45, 2.75) is 34.0 Å². The largest absolute Gasteiger partial charge is 0.342 e. The molecule has 0 atom stereocenters. The van der Waals surface area contributed by atoms with E-state index in [1.54, 1.807) is 0 Å². The molecule has 0 N–H and O–H groups in total. The highest BCUT2D eigenvalue weighted by Gasteiger charge is 2.01. The highest BCUT2D eigenvalue weighted by atomic mass is 16.7. The van der Waals surface area contributed by atoms with Gasteiger partial charge in [-0.15, -0.1) is 0 Å². The number of rotatable bonds is 7. The highest BCUT2D eigenvalue weighted by Crippen LogP contribution is 1.93. The third kappa shape index (κ3) is 7.38. The van der Waals surface area contributed by atoms with E-state index in [0.29, 0.717) is 13.2 Å². The van der Waals surface area contributed by atoms with Crippen LogP contribution in [0.15, 0.2) is 0 Å². The van der Waals surface area contributed by atoms with E-state index in [1.165, 1.54) is 0 Å². The van der Waals surface area contributed by atoms with Gasteiger partial charge in [0.15, 0.2) is 0 Å². The molecular formula is C12H23NO2. The van der Waals surface area contributed by atoms with Crippen molar-refractivity contribution in [1.29, 1.82) is 0 Å². The first-order valence-electron chi connectivity index (χ1n) is 5.72. The van der Waals surface area contributed by atoms with E-state index in [0.717, 1.165) is 19.6 Å². The normalized spacial score (nSPS) is 10.5. The van der Waals surface area contributed by atoms with Crippen LogP contribution < -0.4 is 0 Å². The summed E-state index contributed by atoms with van der Waals surface area (Å²) in [5.74, 6) is 6.07. The number of hydrogen-bond donors (Lipinski definition) is 0. The maximum Gasteiger partial charge on any atom is 0.222 e. The van der Waals surface area contributed by atoms with E-state index in [9.17, 15) is 0 Å². The van der Waals surface area contributed by atoms with Crippen LogP contribution in [0.1, 0.15) is 27.7 Å². The summed E-state index contributed by atoms with van der Waals surface area (Å²) < 4.78 is 10.6. The molecule has 0 amide bonds. The van der Waals surface area contributed by atoms with Gasteiger partial charge in [0.05, 0.1) is 6.54 Å². The summed E-state index contributed by atoms with van der Waals surface area (Å²) in [6, 6.07) is 0. The van der Waals surface area contributed by atoms with Crippen molar-refractivity contribution in [1.82, 2.24) is 4.90 Å². The van der Waals surface area contributed by atoms with Crippen molar-refractivity contribution in [2.24, 2.45) is 0 Å². The Hall–Kier alpha value is -0.560. The second-order valence-corrected chi connectivity index (χ2v) is 3.03. The van der Waals surface area contributed by atoms with Crippen LogP contribution in [0.4, 0.5) is 0 Å². The van der Waals surface area contributed by atoms with Gasteiger partial charge in [-0.05, 0) is 32.9 Å². The highest BCUT2D eigenvalue weighted by molar-refractivity contribution is 5.04. The van der Waals surface area contributed by atoms with Crippen LogP contribution in [0.3, 0.4) is 0 Å². The Labute approximate surface area is 93.7 Å². The molecule has 3 heteroatoms. The van der Waals surface area contributed by atoms with Crippen LogP contribution in [0.5, 0.6) is 0 Å². The topological polar surface area (TPSA) is 21.7 Å². The monoisotopic (exact) mass is 213 g/mol. The molecular weight excluding hydrogens is 190 g/mol.